The minimum atomic E-state index is -0.952. The molecule has 7 heteroatoms. The van der Waals surface area contributed by atoms with E-state index in [1.54, 1.807) is 0 Å². The molecule has 0 bridgehead atoms. The van der Waals surface area contributed by atoms with Gasteiger partial charge in [-0.15, -0.1) is 0 Å². The third-order valence-electron chi connectivity index (χ3n) is 2.60. The Hall–Kier alpha value is -1.79. The average Bonchev–Trinajstić information content (AvgIpc) is 2.59. The van der Waals surface area contributed by atoms with Crippen molar-refractivity contribution in [1.29, 1.82) is 0 Å². The van der Waals surface area contributed by atoms with Crippen molar-refractivity contribution >= 4 is 18.0 Å². The van der Waals surface area contributed by atoms with E-state index in [-0.39, 0.29) is 12.5 Å². The summed E-state index contributed by atoms with van der Waals surface area (Å²) in [5.41, 5.74) is 4.12. The summed E-state index contributed by atoms with van der Waals surface area (Å²) in [6.45, 7) is 0.545. The smallest absolute Gasteiger partial charge is 0.322 e. The zero-order valence-electron chi connectivity index (χ0n) is 7.37. The number of hydrogen-bond donors (Lipinski definition) is 3. The molecule has 0 radical (unpaired) electrons. The first-order chi connectivity index (χ1) is 6.53. The Balaban J connectivity index is 2.17. The van der Waals surface area contributed by atoms with Crippen LogP contribution in [0.4, 0.5) is 9.59 Å². The molecule has 4 N–H and O–H groups in total. The lowest BCUT2D eigenvalue weighted by atomic mass is 10.00. The van der Waals surface area contributed by atoms with Crippen LogP contribution in [0.5, 0.6) is 0 Å². The van der Waals surface area contributed by atoms with Crippen LogP contribution in [0.2, 0.25) is 0 Å². The van der Waals surface area contributed by atoms with Gasteiger partial charge < -0.3 is 16.0 Å². The Morgan fingerprint density at radius 1 is 1.50 bits per heavy atom. The summed E-state index contributed by atoms with van der Waals surface area (Å²) in [7, 11) is 0. The maximum absolute atomic E-state index is 11.4. The predicted octanol–water partition coefficient (Wildman–Crippen LogP) is -1.65. The van der Waals surface area contributed by atoms with Crippen LogP contribution in [0.1, 0.15) is 6.42 Å². The molecule has 0 aromatic heterocycles. The standard InChI is InChI=1S/C7H10N4O3/c8-5(13)11-2-1-7(3-11)4(12)9-6(14)10-7/h1-3H2,(H2,8,13)(H2,9,10,12,14). The third-order valence-corrected chi connectivity index (χ3v) is 2.60. The van der Waals surface area contributed by atoms with Gasteiger partial charge in [0.25, 0.3) is 5.91 Å². The molecule has 1 spiro atoms. The number of nitrogens with one attached hydrogen (secondary N) is 2. The molecule has 7 nitrogen and oxygen atoms in total. The first-order valence-corrected chi connectivity index (χ1v) is 4.21. The minimum Gasteiger partial charge on any atom is -0.351 e. The number of urea groups is 2. The number of nitrogens with two attached hydrogens (primary N) is 1. The van der Waals surface area contributed by atoms with E-state index < -0.39 is 17.6 Å². The maximum Gasteiger partial charge on any atom is 0.322 e. The highest BCUT2D eigenvalue weighted by atomic mass is 16.2. The molecule has 0 saturated carbocycles. The summed E-state index contributed by atoms with van der Waals surface area (Å²) in [4.78, 5) is 34.5. The highest BCUT2D eigenvalue weighted by Crippen LogP contribution is 2.23. The first-order valence-electron chi connectivity index (χ1n) is 4.21. The van der Waals surface area contributed by atoms with Gasteiger partial charge in [0.05, 0.1) is 6.54 Å². The van der Waals surface area contributed by atoms with E-state index in [0.29, 0.717) is 13.0 Å². The molecule has 1 unspecified atom stereocenters. The largest absolute Gasteiger partial charge is 0.351 e. The van der Waals surface area contributed by atoms with Crippen LogP contribution in [0.25, 0.3) is 0 Å². The normalized spacial score (nSPS) is 30.7. The molecule has 14 heavy (non-hydrogen) atoms. The summed E-state index contributed by atoms with van der Waals surface area (Å²) < 4.78 is 0. The summed E-state index contributed by atoms with van der Waals surface area (Å²) in [5.74, 6) is -0.383. The zero-order chi connectivity index (χ0) is 10.3. The van der Waals surface area contributed by atoms with Crippen molar-refractivity contribution < 1.29 is 14.4 Å². The Kier molecular flexibility index (Phi) is 1.63. The molecule has 1 atom stereocenters. The average molecular weight is 198 g/mol. The number of rotatable bonds is 0. The van der Waals surface area contributed by atoms with Crippen molar-refractivity contribution in [2.45, 2.75) is 12.0 Å². The van der Waals surface area contributed by atoms with Crippen LogP contribution < -0.4 is 16.4 Å². The van der Waals surface area contributed by atoms with Crippen molar-refractivity contribution in [3.63, 3.8) is 0 Å². The van der Waals surface area contributed by atoms with Crippen LogP contribution >= 0.6 is 0 Å². The molecular weight excluding hydrogens is 188 g/mol. The minimum absolute atomic E-state index is 0.153. The van der Waals surface area contributed by atoms with E-state index in [1.807, 2.05) is 0 Å². The number of primary amides is 1. The monoisotopic (exact) mass is 198 g/mol. The lowest BCUT2D eigenvalue weighted by Gasteiger charge is -2.19. The van der Waals surface area contributed by atoms with Crippen molar-refractivity contribution in [3.8, 4) is 0 Å². The molecule has 0 aromatic rings. The van der Waals surface area contributed by atoms with E-state index in [2.05, 4.69) is 10.6 Å². The summed E-state index contributed by atoms with van der Waals surface area (Å²) >= 11 is 0. The van der Waals surface area contributed by atoms with Crippen LogP contribution in [0, 0.1) is 0 Å². The Morgan fingerprint density at radius 3 is 2.64 bits per heavy atom. The number of nitrogens with zero attached hydrogens (tertiary/aromatic N) is 1. The fourth-order valence-electron chi connectivity index (χ4n) is 1.81. The predicted molar refractivity (Wildman–Crippen MR) is 45.2 cm³/mol. The van der Waals surface area contributed by atoms with Crippen LogP contribution in [-0.4, -0.2) is 41.5 Å². The second-order valence-electron chi connectivity index (χ2n) is 3.50. The summed E-state index contributed by atoms with van der Waals surface area (Å²) in [6.07, 6.45) is 0.410. The van der Waals surface area contributed by atoms with Crippen LogP contribution in [0.3, 0.4) is 0 Å². The molecule has 76 valence electrons. The molecule has 5 amide bonds. The van der Waals surface area contributed by atoms with Gasteiger partial charge in [0.2, 0.25) is 0 Å². The van der Waals surface area contributed by atoms with E-state index in [0.717, 1.165) is 0 Å². The van der Waals surface area contributed by atoms with Gasteiger partial charge in [-0.2, -0.15) is 0 Å². The molecule has 0 aliphatic carbocycles. The number of imide groups is 1. The number of hydrogen-bond acceptors (Lipinski definition) is 3. The fraction of sp³-hybridized carbons (Fsp3) is 0.571. The molecule has 0 aromatic carbocycles. The van der Waals surface area contributed by atoms with Gasteiger partial charge in [0, 0.05) is 6.54 Å². The first kappa shape index (κ1) is 8.79. The number of amides is 5. The maximum atomic E-state index is 11.4. The van der Waals surface area contributed by atoms with E-state index in [1.165, 1.54) is 4.90 Å². The van der Waals surface area contributed by atoms with Gasteiger partial charge in [0.15, 0.2) is 0 Å². The molecule has 2 rings (SSSR count). The summed E-state index contributed by atoms with van der Waals surface area (Å²) in [6, 6.07) is -1.09. The number of carbonyl (C=O) groups excluding carboxylic acids is 3. The molecule has 2 heterocycles. The third kappa shape index (κ3) is 1.09. The molecule has 2 fully saturated rings. The lowest BCUT2D eigenvalue weighted by Crippen LogP contribution is -2.50. The van der Waals surface area contributed by atoms with Crippen LogP contribution in [-0.2, 0) is 4.79 Å². The van der Waals surface area contributed by atoms with Crippen molar-refractivity contribution in [1.82, 2.24) is 15.5 Å². The van der Waals surface area contributed by atoms with Gasteiger partial charge in [-0.3, -0.25) is 10.1 Å². The summed E-state index contributed by atoms with van der Waals surface area (Å²) in [5, 5.41) is 4.66. The van der Waals surface area contributed by atoms with Gasteiger partial charge >= 0.3 is 12.1 Å². The number of carbonyl (C=O) groups is 3. The second-order valence-corrected chi connectivity index (χ2v) is 3.50. The molecule has 2 aliphatic heterocycles. The van der Waals surface area contributed by atoms with Gasteiger partial charge in [0.1, 0.15) is 5.54 Å². The van der Waals surface area contributed by atoms with Gasteiger partial charge in [-0.25, -0.2) is 9.59 Å². The second kappa shape index (κ2) is 2.60. The molecule has 2 saturated heterocycles. The Bertz CT molecular complexity index is 329. The topological polar surface area (TPSA) is 105 Å². The van der Waals surface area contributed by atoms with E-state index in [9.17, 15) is 14.4 Å². The van der Waals surface area contributed by atoms with Crippen molar-refractivity contribution in [2.75, 3.05) is 13.1 Å². The Labute approximate surface area is 79.6 Å². The van der Waals surface area contributed by atoms with Crippen molar-refractivity contribution in [3.05, 3.63) is 0 Å². The van der Waals surface area contributed by atoms with Crippen LogP contribution in [0.15, 0.2) is 0 Å². The van der Waals surface area contributed by atoms with Gasteiger partial charge in [-0.1, -0.05) is 0 Å². The SMILES string of the molecule is NC(=O)N1CCC2(C1)NC(=O)NC2=O. The van der Waals surface area contributed by atoms with E-state index >= 15 is 0 Å². The molecule has 2 aliphatic rings. The zero-order valence-corrected chi connectivity index (χ0v) is 7.37. The Morgan fingerprint density at radius 2 is 2.21 bits per heavy atom. The van der Waals surface area contributed by atoms with Crippen molar-refractivity contribution in [2.24, 2.45) is 5.73 Å². The quantitative estimate of drug-likeness (QED) is 0.406. The lowest BCUT2D eigenvalue weighted by molar-refractivity contribution is -0.123. The van der Waals surface area contributed by atoms with E-state index in [4.69, 9.17) is 5.73 Å². The highest BCUT2D eigenvalue weighted by molar-refractivity contribution is 6.07. The van der Waals surface area contributed by atoms with Gasteiger partial charge in [-0.05, 0) is 6.42 Å². The highest BCUT2D eigenvalue weighted by Gasteiger charge is 2.51. The fourth-order valence-corrected chi connectivity index (χ4v) is 1.81. The number of likely N-dealkylation sites (tertiary alicyclic amines) is 1. The molecular formula is C7H10N4O3.